The van der Waals surface area contributed by atoms with E-state index in [2.05, 4.69) is 12.1 Å². The van der Waals surface area contributed by atoms with Gasteiger partial charge in [-0.25, -0.2) is 4.79 Å². The van der Waals surface area contributed by atoms with E-state index in [1.165, 1.54) is 47.9 Å². The first-order valence-electron chi connectivity index (χ1n) is 13.5. The Morgan fingerprint density at radius 1 is 0.806 bits per heavy atom. The van der Waals surface area contributed by atoms with Crippen LogP contribution in [0.1, 0.15) is 69.6 Å². The lowest BCUT2D eigenvalue weighted by Crippen LogP contribution is -2.44. The summed E-state index contributed by atoms with van der Waals surface area (Å²) in [4.78, 5) is 13.1. The summed E-state index contributed by atoms with van der Waals surface area (Å²) in [6, 6.07) is 23.7. The lowest BCUT2D eigenvalue weighted by atomic mass is 9.76. The molecule has 0 saturated heterocycles. The summed E-state index contributed by atoms with van der Waals surface area (Å²) in [5.74, 6) is 1.05. The SMILES string of the molecule is O=C(OC1C2CC(C1OC(O)c1ccccc1)C1c3cc4c(cc3CC21)CCCC4)c1ccccc1. The van der Waals surface area contributed by atoms with Gasteiger partial charge < -0.3 is 14.6 Å². The molecule has 0 spiro atoms. The molecular formula is C32H32O4. The Kier molecular flexibility index (Phi) is 5.48. The van der Waals surface area contributed by atoms with E-state index in [9.17, 15) is 9.90 Å². The van der Waals surface area contributed by atoms with Crippen molar-refractivity contribution < 1.29 is 19.4 Å². The van der Waals surface area contributed by atoms with E-state index >= 15 is 0 Å². The van der Waals surface area contributed by atoms with Crippen molar-refractivity contribution in [3.8, 4) is 0 Å². The lowest BCUT2D eigenvalue weighted by molar-refractivity contribution is -0.188. The molecule has 4 aliphatic carbocycles. The van der Waals surface area contributed by atoms with Crippen LogP contribution in [0.15, 0.2) is 72.8 Å². The van der Waals surface area contributed by atoms with Crippen LogP contribution in [0.25, 0.3) is 0 Å². The summed E-state index contributed by atoms with van der Waals surface area (Å²) in [7, 11) is 0. The lowest BCUT2D eigenvalue weighted by Gasteiger charge is -2.38. The van der Waals surface area contributed by atoms with Gasteiger partial charge in [-0.2, -0.15) is 0 Å². The number of carbonyl (C=O) groups excluding carboxylic acids is 1. The minimum atomic E-state index is -1.05. The van der Waals surface area contributed by atoms with Crippen molar-refractivity contribution in [2.45, 2.75) is 62.9 Å². The maximum atomic E-state index is 13.1. The van der Waals surface area contributed by atoms with Gasteiger partial charge in [-0.3, -0.25) is 0 Å². The standard InChI is InChI=1S/C32H32O4/c33-31(19-9-3-1-4-10-19)35-29-26-18-27(30(29)36-32(34)20-11-5-2-6-12-20)28-24-16-22-14-8-7-13-21(22)15-23(24)17-25(26)28/h1-6,9-12,15-16,25-30,32,34H,7-8,13-14,17-18H2. The van der Waals surface area contributed by atoms with E-state index < -0.39 is 6.29 Å². The molecule has 1 N–H and O–H groups in total. The average molecular weight is 481 g/mol. The number of carbonyl (C=O) groups is 1. The van der Waals surface area contributed by atoms with Crippen LogP contribution in [-0.4, -0.2) is 23.3 Å². The zero-order valence-electron chi connectivity index (χ0n) is 20.4. The first-order valence-corrected chi connectivity index (χ1v) is 13.5. The maximum absolute atomic E-state index is 13.1. The van der Waals surface area contributed by atoms with Gasteiger partial charge in [0.05, 0.1) is 5.56 Å². The molecule has 3 aromatic carbocycles. The van der Waals surface area contributed by atoms with Crippen molar-refractivity contribution in [1.29, 1.82) is 0 Å². The molecule has 0 aliphatic heterocycles. The molecule has 4 nitrogen and oxygen atoms in total. The second-order valence-corrected chi connectivity index (χ2v) is 11.1. The van der Waals surface area contributed by atoms with Gasteiger partial charge in [-0.15, -0.1) is 0 Å². The van der Waals surface area contributed by atoms with Gasteiger partial charge in [0.25, 0.3) is 0 Å². The number of esters is 1. The number of aryl methyl sites for hydroxylation is 2. The minimum absolute atomic E-state index is 0.231. The average Bonchev–Trinajstić information content (AvgIpc) is 3.58. The molecule has 36 heavy (non-hydrogen) atoms. The molecule has 7 atom stereocenters. The Morgan fingerprint density at radius 3 is 2.25 bits per heavy atom. The van der Waals surface area contributed by atoms with Gasteiger partial charge in [-0.1, -0.05) is 60.7 Å². The van der Waals surface area contributed by atoms with Crippen LogP contribution in [0.5, 0.6) is 0 Å². The topological polar surface area (TPSA) is 55.8 Å². The molecule has 0 amide bonds. The fourth-order valence-corrected chi connectivity index (χ4v) is 7.70. The zero-order valence-corrected chi connectivity index (χ0v) is 20.4. The van der Waals surface area contributed by atoms with Crippen LogP contribution < -0.4 is 0 Å². The third kappa shape index (κ3) is 3.62. The molecule has 7 rings (SSSR count). The normalized spacial score (nSPS) is 30.4. The van der Waals surface area contributed by atoms with E-state index in [0.29, 0.717) is 17.4 Å². The van der Waals surface area contributed by atoms with E-state index in [-0.39, 0.29) is 30.0 Å². The zero-order chi connectivity index (χ0) is 24.2. The number of ether oxygens (including phenoxy) is 2. The fraction of sp³-hybridized carbons (Fsp3) is 0.406. The molecule has 0 radical (unpaired) electrons. The third-order valence-corrected chi connectivity index (χ3v) is 9.23. The Bertz CT molecular complexity index is 1270. The van der Waals surface area contributed by atoms with Crippen molar-refractivity contribution in [3.63, 3.8) is 0 Å². The van der Waals surface area contributed by atoms with Crippen LogP contribution in [0.4, 0.5) is 0 Å². The number of fused-ring (bicyclic) bond motifs is 8. The highest BCUT2D eigenvalue weighted by atomic mass is 16.6. The highest BCUT2D eigenvalue weighted by molar-refractivity contribution is 5.89. The molecule has 7 unspecified atom stereocenters. The first-order chi connectivity index (χ1) is 17.7. The molecule has 184 valence electrons. The molecule has 0 heterocycles. The Balaban J connectivity index is 1.21. The van der Waals surface area contributed by atoms with E-state index in [0.717, 1.165) is 18.4 Å². The molecule has 2 fully saturated rings. The Labute approximate surface area is 212 Å². The van der Waals surface area contributed by atoms with Gasteiger partial charge in [0.15, 0.2) is 6.29 Å². The largest absolute Gasteiger partial charge is 0.456 e. The van der Waals surface area contributed by atoms with E-state index in [4.69, 9.17) is 9.47 Å². The summed E-state index contributed by atoms with van der Waals surface area (Å²) >= 11 is 0. The second-order valence-electron chi connectivity index (χ2n) is 11.1. The van der Waals surface area contributed by atoms with Crippen LogP contribution in [0, 0.1) is 17.8 Å². The number of aliphatic hydroxyl groups is 1. The van der Waals surface area contributed by atoms with Crippen LogP contribution in [-0.2, 0) is 28.7 Å². The smallest absolute Gasteiger partial charge is 0.338 e. The van der Waals surface area contributed by atoms with Crippen LogP contribution in [0.2, 0.25) is 0 Å². The van der Waals surface area contributed by atoms with Gasteiger partial charge >= 0.3 is 5.97 Å². The highest BCUT2D eigenvalue weighted by Gasteiger charge is 2.63. The maximum Gasteiger partial charge on any atom is 0.338 e. The summed E-state index contributed by atoms with van der Waals surface area (Å²) in [6.07, 6.45) is 5.23. The van der Waals surface area contributed by atoms with Crippen molar-refractivity contribution in [1.82, 2.24) is 0 Å². The summed E-state index contributed by atoms with van der Waals surface area (Å²) < 4.78 is 12.6. The van der Waals surface area contributed by atoms with Gasteiger partial charge in [0, 0.05) is 11.5 Å². The summed E-state index contributed by atoms with van der Waals surface area (Å²) in [6.45, 7) is 0. The fourth-order valence-electron chi connectivity index (χ4n) is 7.70. The Morgan fingerprint density at radius 2 is 1.50 bits per heavy atom. The molecule has 2 bridgehead atoms. The summed E-state index contributed by atoms with van der Waals surface area (Å²) in [5.41, 5.74) is 7.32. The van der Waals surface area contributed by atoms with Crippen LogP contribution >= 0.6 is 0 Å². The molecule has 4 aliphatic rings. The predicted molar refractivity (Wildman–Crippen MR) is 137 cm³/mol. The quantitative estimate of drug-likeness (QED) is 0.372. The second kappa shape index (κ2) is 8.86. The van der Waals surface area contributed by atoms with Gasteiger partial charge in [0.1, 0.15) is 12.2 Å². The number of rotatable bonds is 5. The third-order valence-electron chi connectivity index (χ3n) is 9.23. The predicted octanol–water partition coefficient (Wildman–Crippen LogP) is 5.77. The molecule has 2 saturated carbocycles. The van der Waals surface area contributed by atoms with Crippen molar-refractivity contribution in [2.75, 3.05) is 0 Å². The molecular weight excluding hydrogens is 448 g/mol. The summed E-state index contributed by atoms with van der Waals surface area (Å²) in [5, 5.41) is 11.0. The van der Waals surface area contributed by atoms with Crippen molar-refractivity contribution >= 4 is 5.97 Å². The van der Waals surface area contributed by atoms with E-state index in [1.54, 1.807) is 12.1 Å². The Hall–Kier alpha value is -2.95. The monoisotopic (exact) mass is 480 g/mol. The number of benzene rings is 3. The molecule has 4 heteroatoms. The van der Waals surface area contributed by atoms with Crippen molar-refractivity contribution in [3.05, 3.63) is 106 Å². The van der Waals surface area contributed by atoms with Crippen LogP contribution in [0.3, 0.4) is 0 Å². The first kappa shape index (κ1) is 22.3. The number of hydrogen-bond donors (Lipinski definition) is 1. The molecule has 0 aromatic heterocycles. The van der Waals surface area contributed by atoms with Gasteiger partial charge in [-0.05, 0) is 90.7 Å². The number of aliphatic hydroxyl groups excluding tert-OH is 1. The van der Waals surface area contributed by atoms with Gasteiger partial charge in [0.2, 0.25) is 0 Å². The van der Waals surface area contributed by atoms with E-state index in [1.807, 2.05) is 48.5 Å². The van der Waals surface area contributed by atoms with Crippen molar-refractivity contribution in [2.24, 2.45) is 17.8 Å². The minimum Gasteiger partial charge on any atom is -0.456 e. The highest BCUT2D eigenvalue weighted by Crippen LogP contribution is 2.63. The molecule has 3 aromatic rings. The number of hydrogen-bond acceptors (Lipinski definition) is 4.